The molecule has 1 atom stereocenters. The van der Waals surface area contributed by atoms with E-state index in [2.05, 4.69) is 0 Å². The first-order valence-corrected chi connectivity index (χ1v) is 7.85. The minimum absolute atomic E-state index is 0.439. The first kappa shape index (κ1) is 15.9. The number of hydrogen-bond acceptors (Lipinski definition) is 2. The molecule has 23 heavy (non-hydrogen) atoms. The van der Waals surface area contributed by atoms with Crippen LogP contribution in [-0.4, -0.2) is 5.11 Å². The van der Waals surface area contributed by atoms with E-state index < -0.39 is 6.10 Å². The van der Waals surface area contributed by atoms with Crippen molar-refractivity contribution in [2.24, 2.45) is 0 Å². The SMILES string of the molecule is OC(c1ccc(Oc2ccccc2)cc1)c1ccc(Cl)cc1Cl. The lowest BCUT2D eigenvalue weighted by molar-refractivity contribution is 0.220. The summed E-state index contributed by atoms with van der Waals surface area (Å²) in [5, 5.41) is 11.5. The fraction of sp³-hybridized carbons (Fsp3) is 0.0526. The molecule has 116 valence electrons. The van der Waals surface area contributed by atoms with Crippen molar-refractivity contribution in [1.29, 1.82) is 0 Å². The average Bonchev–Trinajstić information content (AvgIpc) is 2.56. The topological polar surface area (TPSA) is 29.5 Å². The monoisotopic (exact) mass is 344 g/mol. The van der Waals surface area contributed by atoms with Crippen LogP contribution in [0.3, 0.4) is 0 Å². The Bertz CT molecular complexity index is 786. The Balaban J connectivity index is 1.78. The summed E-state index contributed by atoms with van der Waals surface area (Å²) in [5.74, 6) is 1.47. The van der Waals surface area contributed by atoms with E-state index in [9.17, 15) is 5.11 Å². The molecule has 0 spiro atoms. The van der Waals surface area contributed by atoms with Gasteiger partial charge in [-0.1, -0.05) is 59.6 Å². The summed E-state index contributed by atoms with van der Waals surface area (Å²) in [6, 6.07) is 21.8. The Morgan fingerprint density at radius 2 is 1.43 bits per heavy atom. The Morgan fingerprint density at radius 3 is 2.09 bits per heavy atom. The zero-order valence-electron chi connectivity index (χ0n) is 12.1. The van der Waals surface area contributed by atoms with Crippen molar-refractivity contribution in [2.75, 3.05) is 0 Å². The van der Waals surface area contributed by atoms with Gasteiger partial charge in [-0.3, -0.25) is 0 Å². The molecular formula is C19H14Cl2O2. The molecule has 0 amide bonds. The van der Waals surface area contributed by atoms with Crippen LogP contribution in [0, 0.1) is 0 Å². The summed E-state index contributed by atoms with van der Waals surface area (Å²) in [5.41, 5.74) is 1.35. The summed E-state index contributed by atoms with van der Waals surface area (Å²) < 4.78 is 5.73. The Labute approximate surface area is 144 Å². The highest BCUT2D eigenvalue weighted by Crippen LogP contribution is 2.31. The highest BCUT2D eigenvalue weighted by Gasteiger charge is 2.14. The summed E-state index contributed by atoms with van der Waals surface area (Å²) >= 11 is 12.0. The van der Waals surface area contributed by atoms with Crippen LogP contribution in [-0.2, 0) is 0 Å². The van der Waals surface area contributed by atoms with Gasteiger partial charge in [0, 0.05) is 15.6 Å². The van der Waals surface area contributed by atoms with Gasteiger partial charge in [0.05, 0.1) is 0 Å². The highest BCUT2D eigenvalue weighted by molar-refractivity contribution is 6.35. The van der Waals surface area contributed by atoms with E-state index >= 15 is 0 Å². The molecule has 0 aliphatic heterocycles. The summed E-state index contributed by atoms with van der Waals surface area (Å²) in [7, 11) is 0. The fourth-order valence-corrected chi connectivity index (χ4v) is 2.76. The zero-order valence-corrected chi connectivity index (χ0v) is 13.6. The molecule has 0 radical (unpaired) electrons. The van der Waals surface area contributed by atoms with Crippen LogP contribution in [0.4, 0.5) is 0 Å². The first-order valence-electron chi connectivity index (χ1n) is 7.09. The second kappa shape index (κ2) is 7.05. The lowest BCUT2D eigenvalue weighted by Crippen LogP contribution is -2.00. The first-order chi connectivity index (χ1) is 11.1. The quantitative estimate of drug-likeness (QED) is 0.641. The largest absolute Gasteiger partial charge is 0.457 e. The van der Waals surface area contributed by atoms with E-state index in [1.54, 1.807) is 18.2 Å². The van der Waals surface area contributed by atoms with Gasteiger partial charge in [-0.15, -0.1) is 0 Å². The van der Waals surface area contributed by atoms with Crippen molar-refractivity contribution in [3.05, 3.63) is 94.0 Å². The van der Waals surface area contributed by atoms with Gasteiger partial charge >= 0.3 is 0 Å². The van der Waals surface area contributed by atoms with Crippen LogP contribution < -0.4 is 4.74 Å². The number of benzene rings is 3. The Hall–Kier alpha value is -2.00. The summed E-state index contributed by atoms with van der Waals surface area (Å²) in [6.45, 7) is 0. The second-order valence-corrected chi connectivity index (χ2v) is 5.90. The third-order valence-electron chi connectivity index (χ3n) is 3.43. The predicted octanol–water partition coefficient (Wildman–Crippen LogP) is 5.87. The van der Waals surface area contributed by atoms with Crippen LogP contribution in [0.1, 0.15) is 17.2 Å². The van der Waals surface area contributed by atoms with Crippen molar-refractivity contribution in [1.82, 2.24) is 0 Å². The smallest absolute Gasteiger partial charge is 0.127 e. The molecule has 1 N–H and O–H groups in total. The molecule has 0 saturated carbocycles. The van der Waals surface area contributed by atoms with E-state index in [0.717, 1.165) is 11.3 Å². The van der Waals surface area contributed by atoms with Crippen LogP contribution >= 0.6 is 23.2 Å². The van der Waals surface area contributed by atoms with Crippen molar-refractivity contribution in [3.63, 3.8) is 0 Å². The molecule has 3 aromatic carbocycles. The molecule has 4 heteroatoms. The van der Waals surface area contributed by atoms with E-state index in [4.69, 9.17) is 27.9 Å². The van der Waals surface area contributed by atoms with Gasteiger partial charge in [-0.25, -0.2) is 0 Å². The molecule has 2 nitrogen and oxygen atoms in total. The van der Waals surface area contributed by atoms with Gasteiger partial charge in [0.25, 0.3) is 0 Å². The maximum Gasteiger partial charge on any atom is 0.127 e. The number of para-hydroxylation sites is 1. The Morgan fingerprint density at radius 1 is 0.783 bits per heavy atom. The van der Waals surface area contributed by atoms with E-state index in [0.29, 0.717) is 21.4 Å². The minimum atomic E-state index is -0.814. The van der Waals surface area contributed by atoms with E-state index in [1.807, 2.05) is 54.6 Å². The van der Waals surface area contributed by atoms with Gasteiger partial charge in [-0.05, 0) is 42.0 Å². The molecule has 0 saturated heterocycles. The second-order valence-electron chi connectivity index (χ2n) is 5.05. The molecule has 3 rings (SSSR count). The molecule has 0 bridgehead atoms. The zero-order chi connectivity index (χ0) is 16.2. The third kappa shape index (κ3) is 3.85. The van der Waals surface area contributed by atoms with Gasteiger partial charge in [0.15, 0.2) is 0 Å². The lowest BCUT2D eigenvalue weighted by atomic mass is 10.0. The van der Waals surface area contributed by atoms with Gasteiger partial charge in [0.1, 0.15) is 17.6 Å². The fourth-order valence-electron chi connectivity index (χ4n) is 2.25. The maximum absolute atomic E-state index is 10.5. The molecule has 0 fully saturated rings. The molecule has 0 aromatic heterocycles. The molecule has 3 aromatic rings. The summed E-state index contributed by atoms with van der Waals surface area (Å²) in [6.07, 6.45) is -0.814. The number of rotatable bonds is 4. The lowest BCUT2D eigenvalue weighted by Gasteiger charge is -2.14. The number of ether oxygens (including phenoxy) is 1. The number of aliphatic hydroxyl groups is 1. The minimum Gasteiger partial charge on any atom is -0.457 e. The predicted molar refractivity (Wildman–Crippen MR) is 93.5 cm³/mol. The van der Waals surface area contributed by atoms with Crippen LogP contribution in [0.2, 0.25) is 10.0 Å². The van der Waals surface area contributed by atoms with Crippen molar-refractivity contribution in [3.8, 4) is 11.5 Å². The molecule has 0 aliphatic carbocycles. The van der Waals surface area contributed by atoms with Crippen LogP contribution in [0.15, 0.2) is 72.8 Å². The van der Waals surface area contributed by atoms with Crippen LogP contribution in [0.25, 0.3) is 0 Å². The summed E-state index contributed by atoms with van der Waals surface area (Å²) in [4.78, 5) is 0. The van der Waals surface area contributed by atoms with Crippen molar-refractivity contribution < 1.29 is 9.84 Å². The van der Waals surface area contributed by atoms with Crippen molar-refractivity contribution >= 4 is 23.2 Å². The standard InChI is InChI=1S/C19H14Cl2O2/c20-14-8-11-17(18(21)12-14)19(22)13-6-9-16(10-7-13)23-15-4-2-1-3-5-15/h1-12,19,22H. The number of aliphatic hydroxyl groups excluding tert-OH is 1. The number of halogens is 2. The average molecular weight is 345 g/mol. The molecular weight excluding hydrogens is 331 g/mol. The van der Waals surface area contributed by atoms with Crippen LogP contribution in [0.5, 0.6) is 11.5 Å². The van der Waals surface area contributed by atoms with Gasteiger partial charge in [0.2, 0.25) is 0 Å². The Kier molecular flexibility index (Phi) is 4.87. The third-order valence-corrected chi connectivity index (χ3v) is 3.99. The molecule has 0 heterocycles. The highest BCUT2D eigenvalue weighted by atomic mass is 35.5. The maximum atomic E-state index is 10.5. The normalized spacial score (nSPS) is 12.0. The van der Waals surface area contributed by atoms with Gasteiger partial charge < -0.3 is 9.84 Å². The van der Waals surface area contributed by atoms with E-state index in [1.165, 1.54) is 0 Å². The molecule has 1 unspecified atom stereocenters. The van der Waals surface area contributed by atoms with Crippen molar-refractivity contribution in [2.45, 2.75) is 6.10 Å². The molecule has 0 aliphatic rings. The number of hydrogen-bond donors (Lipinski definition) is 1. The van der Waals surface area contributed by atoms with E-state index in [-0.39, 0.29) is 0 Å². The van der Waals surface area contributed by atoms with Gasteiger partial charge in [-0.2, -0.15) is 0 Å².